The van der Waals surface area contributed by atoms with Crippen LogP contribution in [-0.4, -0.2) is 29.1 Å². The highest BCUT2D eigenvalue weighted by Crippen LogP contribution is 2.24. The number of benzene rings is 1. The van der Waals surface area contributed by atoms with E-state index >= 15 is 0 Å². The van der Waals surface area contributed by atoms with Crippen LogP contribution >= 0.6 is 0 Å². The summed E-state index contributed by atoms with van der Waals surface area (Å²) >= 11 is 0. The molecule has 0 radical (unpaired) electrons. The van der Waals surface area contributed by atoms with Crippen LogP contribution in [0.3, 0.4) is 0 Å². The minimum Gasteiger partial charge on any atom is -0.410 e. The molecular weight excluding hydrogens is 324 g/mol. The summed E-state index contributed by atoms with van der Waals surface area (Å²) in [7, 11) is 0. The molecule has 4 heteroatoms. The zero-order valence-electron chi connectivity index (χ0n) is 15.6. The van der Waals surface area contributed by atoms with Crippen LogP contribution in [0.15, 0.2) is 48.8 Å². The van der Waals surface area contributed by atoms with E-state index in [4.69, 9.17) is 4.74 Å². The van der Waals surface area contributed by atoms with E-state index in [0.29, 0.717) is 5.75 Å². The highest BCUT2D eigenvalue weighted by atomic mass is 16.6. The molecule has 2 aromatic rings. The molecule has 0 N–H and O–H groups in total. The summed E-state index contributed by atoms with van der Waals surface area (Å²) < 4.78 is 5.47. The van der Waals surface area contributed by atoms with E-state index in [0.717, 1.165) is 43.8 Å². The number of hydrogen-bond donors (Lipinski definition) is 0. The van der Waals surface area contributed by atoms with Gasteiger partial charge in [0.15, 0.2) is 0 Å². The van der Waals surface area contributed by atoms with Crippen LogP contribution in [0.4, 0.5) is 4.79 Å². The van der Waals surface area contributed by atoms with Gasteiger partial charge in [0.2, 0.25) is 0 Å². The standard InChI is InChI=1S/C22H28N2O2/c1-18-6-8-21(9-7-18)26-22(25)24-16-12-20(13-17-24)5-3-2-4-19-10-14-23-15-11-19/h6-11,14-15,20H,2-5,12-13,16-17H2,1H3. The third kappa shape index (κ3) is 5.58. The number of hydrogen-bond acceptors (Lipinski definition) is 3. The van der Waals surface area contributed by atoms with Gasteiger partial charge in [0.05, 0.1) is 0 Å². The summed E-state index contributed by atoms with van der Waals surface area (Å²) in [6.07, 6.45) is 10.5. The van der Waals surface area contributed by atoms with Crippen LogP contribution in [0.5, 0.6) is 5.75 Å². The predicted molar refractivity (Wildman–Crippen MR) is 103 cm³/mol. The first-order chi connectivity index (χ1) is 12.7. The number of piperidine rings is 1. The normalized spacial score (nSPS) is 15.0. The first-order valence-corrected chi connectivity index (χ1v) is 9.63. The van der Waals surface area contributed by atoms with Crippen LogP contribution in [0.2, 0.25) is 0 Å². The third-order valence-corrected chi connectivity index (χ3v) is 5.18. The van der Waals surface area contributed by atoms with Crippen LogP contribution in [0.25, 0.3) is 0 Å². The molecule has 0 atom stereocenters. The largest absolute Gasteiger partial charge is 0.415 e. The number of likely N-dealkylation sites (tertiary alicyclic amines) is 1. The Bertz CT molecular complexity index is 677. The molecule has 1 saturated heterocycles. The average molecular weight is 352 g/mol. The zero-order chi connectivity index (χ0) is 18.2. The van der Waals surface area contributed by atoms with E-state index in [2.05, 4.69) is 17.1 Å². The van der Waals surface area contributed by atoms with Gasteiger partial charge in [-0.3, -0.25) is 4.98 Å². The van der Waals surface area contributed by atoms with Crippen molar-refractivity contribution >= 4 is 6.09 Å². The van der Waals surface area contributed by atoms with Crippen LogP contribution in [0.1, 0.15) is 43.2 Å². The maximum atomic E-state index is 12.3. The van der Waals surface area contributed by atoms with Gasteiger partial charge in [-0.2, -0.15) is 0 Å². The maximum Gasteiger partial charge on any atom is 0.415 e. The van der Waals surface area contributed by atoms with E-state index in [1.54, 1.807) is 0 Å². The molecule has 0 saturated carbocycles. The fourth-order valence-electron chi connectivity index (χ4n) is 3.49. The summed E-state index contributed by atoms with van der Waals surface area (Å²) in [5.41, 5.74) is 2.53. The Kier molecular flexibility index (Phi) is 6.64. The fraction of sp³-hybridized carbons (Fsp3) is 0.455. The fourth-order valence-corrected chi connectivity index (χ4v) is 3.49. The summed E-state index contributed by atoms with van der Waals surface area (Å²) in [6, 6.07) is 11.8. The van der Waals surface area contributed by atoms with Crippen LogP contribution < -0.4 is 4.74 Å². The van der Waals surface area contributed by atoms with Crippen molar-refractivity contribution in [2.24, 2.45) is 5.92 Å². The Morgan fingerprint density at radius 2 is 1.77 bits per heavy atom. The quantitative estimate of drug-likeness (QED) is 0.686. The van der Waals surface area contributed by atoms with E-state index in [1.165, 1.54) is 24.8 Å². The highest BCUT2D eigenvalue weighted by Gasteiger charge is 2.23. The van der Waals surface area contributed by atoms with Gasteiger partial charge in [0, 0.05) is 25.5 Å². The second-order valence-electron chi connectivity index (χ2n) is 7.21. The second kappa shape index (κ2) is 9.37. The Morgan fingerprint density at radius 3 is 2.46 bits per heavy atom. The van der Waals surface area contributed by atoms with Gasteiger partial charge < -0.3 is 9.64 Å². The SMILES string of the molecule is Cc1ccc(OC(=O)N2CCC(CCCCc3ccncc3)CC2)cc1. The molecule has 0 bridgehead atoms. The first-order valence-electron chi connectivity index (χ1n) is 9.63. The number of carbonyl (C=O) groups is 1. The van der Waals surface area contributed by atoms with Crippen molar-refractivity contribution in [3.63, 3.8) is 0 Å². The Hall–Kier alpha value is -2.36. The Morgan fingerprint density at radius 1 is 1.08 bits per heavy atom. The molecule has 1 aromatic heterocycles. The number of carbonyl (C=O) groups excluding carboxylic acids is 1. The molecule has 1 aromatic carbocycles. The van der Waals surface area contributed by atoms with Crippen molar-refractivity contribution in [1.82, 2.24) is 9.88 Å². The minimum absolute atomic E-state index is 0.218. The second-order valence-corrected chi connectivity index (χ2v) is 7.21. The van der Waals surface area contributed by atoms with Crippen molar-refractivity contribution in [3.8, 4) is 5.75 Å². The van der Waals surface area contributed by atoms with Crippen molar-refractivity contribution in [2.45, 2.75) is 45.4 Å². The molecule has 138 valence electrons. The summed E-state index contributed by atoms with van der Waals surface area (Å²) in [6.45, 7) is 3.63. The van der Waals surface area contributed by atoms with E-state index in [1.807, 2.05) is 48.5 Å². The van der Waals surface area contributed by atoms with E-state index < -0.39 is 0 Å². The van der Waals surface area contributed by atoms with Crippen molar-refractivity contribution in [1.29, 1.82) is 0 Å². The topological polar surface area (TPSA) is 42.4 Å². The number of ether oxygens (including phenoxy) is 1. The number of rotatable bonds is 6. The number of amides is 1. The smallest absolute Gasteiger partial charge is 0.410 e. The van der Waals surface area contributed by atoms with Gasteiger partial charge >= 0.3 is 6.09 Å². The highest BCUT2D eigenvalue weighted by molar-refractivity contribution is 5.70. The molecule has 0 unspecified atom stereocenters. The zero-order valence-corrected chi connectivity index (χ0v) is 15.6. The Balaban J connectivity index is 1.33. The van der Waals surface area contributed by atoms with Crippen molar-refractivity contribution < 1.29 is 9.53 Å². The van der Waals surface area contributed by atoms with Crippen molar-refractivity contribution in [3.05, 3.63) is 59.9 Å². The number of nitrogens with zero attached hydrogens (tertiary/aromatic N) is 2. The summed E-state index contributed by atoms with van der Waals surface area (Å²) in [4.78, 5) is 18.2. The number of aromatic nitrogens is 1. The Labute approximate surface area is 156 Å². The predicted octanol–water partition coefficient (Wildman–Crippen LogP) is 5.01. The van der Waals surface area contributed by atoms with E-state index in [9.17, 15) is 4.79 Å². The van der Waals surface area contributed by atoms with Gasteiger partial charge in [0.1, 0.15) is 5.75 Å². The van der Waals surface area contributed by atoms with E-state index in [-0.39, 0.29) is 6.09 Å². The molecule has 1 amide bonds. The molecule has 1 fully saturated rings. The van der Waals surface area contributed by atoms with Gasteiger partial charge in [-0.1, -0.05) is 30.5 Å². The number of unbranched alkanes of at least 4 members (excludes halogenated alkanes) is 1. The first kappa shape index (κ1) is 18.4. The van der Waals surface area contributed by atoms with Gasteiger partial charge in [-0.05, 0) is 68.4 Å². The molecular formula is C22H28N2O2. The molecule has 2 heterocycles. The van der Waals surface area contributed by atoms with Crippen molar-refractivity contribution in [2.75, 3.05) is 13.1 Å². The lowest BCUT2D eigenvalue weighted by Gasteiger charge is -2.31. The lowest BCUT2D eigenvalue weighted by atomic mass is 9.91. The molecule has 4 nitrogen and oxygen atoms in total. The van der Waals surface area contributed by atoms with Gasteiger partial charge in [0.25, 0.3) is 0 Å². The molecule has 1 aliphatic heterocycles. The average Bonchev–Trinajstić information content (AvgIpc) is 2.68. The number of aryl methyl sites for hydroxylation is 2. The van der Waals surface area contributed by atoms with Crippen LogP contribution in [-0.2, 0) is 6.42 Å². The molecule has 0 aliphatic carbocycles. The minimum atomic E-state index is -0.218. The maximum absolute atomic E-state index is 12.3. The molecule has 0 spiro atoms. The summed E-state index contributed by atoms with van der Waals surface area (Å²) in [5.74, 6) is 1.36. The summed E-state index contributed by atoms with van der Waals surface area (Å²) in [5, 5.41) is 0. The molecule has 1 aliphatic rings. The monoisotopic (exact) mass is 352 g/mol. The third-order valence-electron chi connectivity index (χ3n) is 5.18. The molecule has 3 rings (SSSR count). The molecule has 26 heavy (non-hydrogen) atoms. The van der Waals surface area contributed by atoms with Crippen LogP contribution in [0, 0.1) is 12.8 Å². The number of pyridine rings is 1. The van der Waals surface area contributed by atoms with Gasteiger partial charge in [-0.25, -0.2) is 4.79 Å². The lowest BCUT2D eigenvalue weighted by Crippen LogP contribution is -2.40. The lowest BCUT2D eigenvalue weighted by molar-refractivity contribution is 0.129. The van der Waals surface area contributed by atoms with Gasteiger partial charge in [-0.15, -0.1) is 0 Å².